The van der Waals surface area contributed by atoms with Crippen LogP contribution in [0.2, 0.25) is 0 Å². The Kier molecular flexibility index (Phi) is 27.2. The molecule has 1 aromatic heterocycles. The van der Waals surface area contributed by atoms with Gasteiger partial charge in [0.15, 0.2) is 5.96 Å². The molecule has 1 saturated heterocycles. The molecule has 0 spiro atoms. The average molecular weight is 1000 g/mol. The van der Waals surface area contributed by atoms with Crippen molar-refractivity contribution in [2.45, 2.75) is 120 Å². The Morgan fingerprint density at radius 2 is 1.58 bits per heavy atom. The lowest BCUT2D eigenvalue weighted by Gasteiger charge is -2.27. The number of carbonyl (C=O) groups excluding carboxylic acids is 9. The van der Waals surface area contributed by atoms with E-state index in [1.54, 1.807) is 0 Å². The number of aromatic amines is 1. The summed E-state index contributed by atoms with van der Waals surface area (Å²) in [6, 6.07) is -7.62. The van der Waals surface area contributed by atoms with Crippen LogP contribution in [0.1, 0.15) is 76.8 Å². The van der Waals surface area contributed by atoms with E-state index in [4.69, 9.17) is 45.5 Å². The average Bonchev–Trinajstić information content (AvgIpc) is 4.06. The van der Waals surface area contributed by atoms with Gasteiger partial charge < -0.3 is 92.3 Å². The molecular weight excluding hydrogens is 931 g/mol. The van der Waals surface area contributed by atoms with Crippen molar-refractivity contribution in [1.82, 2.24) is 52.1 Å². The van der Waals surface area contributed by atoms with Gasteiger partial charge >= 0.3 is 0 Å². The van der Waals surface area contributed by atoms with Crippen LogP contribution in [-0.2, 0) is 49.6 Å². The van der Waals surface area contributed by atoms with Gasteiger partial charge in [-0.3, -0.25) is 48.6 Å². The lowest BCUT2D eigenvalue weighted by atomic mass is 10.1. The third kappa shape index (κ3) is 21.3. The second-order valence-electron chi connectivity index (χ2n) is 16.6. The molecule has 1 aliphatic rings. The summed E-state index contributed by atoms with van der Waals surface area (Å²) in [4.78, 5) is 132. The summed E-state index contributed by atoms with van der Waals surface area (Å²) in [6.07, 6.45) is 4.85. The van der Waals surface area contributed by atoms with Crippen molar-refractivity contribution in [2.75, 3.05) is 45.8 Å². The molecule has 396 valence electrons. The van der Waals surface area contributed by atoms with Crippen LogP contribution in [0, 0.1) is 5.41 Å². The number of amides is 9. The van der Waals surface area contributed by atoms with E-state index in [9.17, 15) is 48.3 Å². The second-order valence-corrected chi connectivity index (χ2v) is 16.6. The molecule has 7 atom stereocenters. The number of aliphatic hydroxyl groups is 1. The first-order valence-corrected chi connectivity index (χ1v) is 23.3. The molecule has 1 fully saturated rings. The Bertz CT molecular complexity index is 2030. The molecule has 2 heterocycles. The minimum atomic E-state index is -1.57. The van der Waals surface area contributed by atoms with Gasteiger partial charge in [0.25, 0.3) is 17.7 Å². The van der Waals surface area contributed by atoms with Gasteiger partial charge in [-0.05, 0) is 90.8 Å². The van der Waals surface area contributed by atoms with Gasteiger partial charge in [-0.1, -0.05) is 6.08 Å². The molecule has 0 aromatic carbocycles. The number of hydrogen-bond donors (Lipinski definition) is 17. The first-order chi connectivity index (χ1) is 33.8. The number of nitrogens with two attached hydrogens (primary N) is 7. The smallest absolute Gasteiger partial charge is 0.269 e. The van der Waals surface area contributed by atoms with Crippen LogP contribution >= 0.6 is 0 Å². The highest BCUT2D eigenvalue weighted by Gasteiger charge is 2.38. The maximum absolute atomic E-state index is 14.1. The summed E-state index contributed by atoms with van der Waals surface area (Å²) in [7, 11) is 0. The largest absolute Gasteiger partial charge is 0.389 e. The SMILES string of the molecule is C[C@H](NC(=O)[C@@H](NC(=O)[C@@H](N)CCCN)[C@@H](O)CN)C(=O)NCC(=O)/N=C(\CCCN)C(=O)N1CCC[C@H]1C(=O)N[C@@H](Cc1cnc[nH]1)C(=O)N[C@@H](CCCCN)C(=O)N/C(=C\CCNC(=N)N)C(N)=O. The number of likely N-dealkylation sites (tertiary alicyclic amines) is 1. The molecule has 0 radical (unpaired) electrons. The minimum absolute atomic E-state index is 0.0714. The highest BCUT2D eigenvalue weighted by atomic mass is 16.3. The molecule has 0 bridgehead atoms. The predicted octanol–water partition coefficient (Wildman–Crippen LogP) is -7.40. The zero-order valence-electron chi connectivity index (χ0n) is 40.0. The third-order valence-corrected chi connectivity index (χ3v) is 10.9. The van der Waals surface area contributed by atoms with E-state index in [-0.39, 0.29) is 95.0 Å². The van der Waals surface area contributed by atoms with Gasteiger partial charge in [-0.2, -0.15) is 0 Å². The van der Waals surface area contributed by atoms with Crippen molar-refractivity contribution in [1.29, 1.82) is 5.41 Å². The number of aliphatic imine (C=N–C) groups is 1. The summed E-state index contributed by atoms with van der Waals surface area (Å²) < 4.78 is 0. The zero-order chi connectivity index (χ0) is 53.0. The number of aromatic nitrogens is 2. The molecule has 9 amide bonds. The van der Waals surface area contributed by atoms with Crippen molar-refractivity contribution in [3.05, 3.63) is 30.0 Å². The van der Waals surface area contributed by atoms with E-state index in [0.29, 0.717) is 31.4 Å². The van der Waals surface area contributed by atoms with Gasteiger partial charge in [0.1, 0.15) is 41.6 Å². The number of hydrogen-bond acceptors (Lipinski definition) is 17. The normalized spacial score (nSPS) is 16.3. The summed E-state index contributed by atoms with van der Waals surface area (Å²) in [5.74, 6) is -7.89. The molecule has 0 unspecified atom stereocenters. The van der Waals surface area contributed by atoms with Crippen LogP contribution in [0.5, 0.6) is 0 Å². The first-order valence-electron chi connectivity index (χ1n) is 23.3. The number of H-pyrrole nitrogens is 1. The number of unbranched alkanes of at least 4 members (excludes halogenated alkanes) is 1. The van der Waals surface area contributed by atoms with Gasteiger partial charge in [-0.25, -0.2) is 9.98 Å². The van der Waals surface area contributed by atoms with E-state index >= 15 is 0 Å². The Balaban J connectivity index is 2.25. The quantitative estimate of drug-likeness (QED) is 0.0138. The highest BCUT2D eigenvalue weighted by molar-refractivity contribution is 6.40. The Morgan fingerprint density at radius 1 is 0.873 bits per heavy atom. The molecule has 29 heteroatoms. The van der Waals surface area contributed by atoms with Crippen LogP contribution in [0.3, 0.4) is 0 Å². The molecule has 71 heavy (non-hydrogen) atoms. The lowest BCUT2D eigenvalue weighted by Crippen LogP contribution is -2.60. The molecule has 2 rings (SSSR count). The van der Waals surface area contributed by atoms with Gasteiger partial charge in [-0.15, -0.1) is 0 Å². The zero-order valence-corrected chi connectivity index (χ0v) is 40.0. The summed E-state index contributed by atoms with van der Waals surface area (Å²) in [5, 5.41) is 35.0. The van der Waals surface area contributed by atoms with E-state index in [1.165, 1.54) is 30.4 Å². The predicted molar refractivity (Wildman–Crippen MR) is 258 cm³/mol. The third-order valence-electron chi connectivity index (χ3n) is 10.9. The van der Waals surface area contributed by atoms with Crippen molar-refractivity contribution in [3.8, 4) is 0 Å². The molecule has 0 aliphatic carbocycles. The fraction of sp³-hybridized carbons (Fsp3) is 0.619. The van der Waals surface area contributed by atoms with Crippen LogP contribution < -0.4 is 77.4 Å². The molecule has 24 N–H and O–H groups in total. The van der Waals surface area contributed by atoms with E-state index in [2.05, 4.69) is 52.2 Å². The van der Waals surface area contributed by atoms with Crippen molar-refractivity contribution in [2.24, 2.45) is 45.1 Å². The highest BCUT2D eigenvalue weighted by Crippen LogP contribution is 2.20. The Hall–Kier alpha value is -6.92. The number of guanidine groups is 1. The number of carbonyl (C=O) groups is 9. The van der Waals surface area contributed by atoms with Crippen molar-refractivity contribution >= 4 is 64.8 Å². The second kappa shape index (κ2) is 32.1. The van der Waals surface area contributed by atoms with Gasteiger partial charge in [0.05, 0.1) is 25.0 Å². The van der Waals surface area contributed by atoms with Crippen LogP contribution in [-0.4, -0.2) is 173 Å². The molecule has 0 saturated carbocycles. The van der Waals surface area contributed by atoms with Crippen LogP contribution in [0.25, 0.3) is 0 Å². The molecule has 1 aliphatic heterocycles. The Morgan fingerprint density at radius 3 is 2.20 bits per heavy atom. The monoisotopic (exact) mass is 1000 g/mol. The van der Waals surface area contributed by atoms with Crippen LogP contribution in [0.4, 0.5) is 0 Å². The first kappa shape index (κ1) is 60.2. The van der Waals surface area contributed by atoms with Crippen LogP contribution in [0.15, 0.2) is 29.3 Å². The number of aliphatic hydroxyl groups excluding tert-OH is 1. The number of rotatable bonds is 32. The van der Waals surface area contributed by atoms with E-state index < -0.39 is 109 Å². The Labute approximate surface area is 410 Å². The topological polar surface area (TPSA) is 508 Å². The number of nitrogens with one attached hydrogen (secondary N) is 9. The van der Waals surface area contributed by atoms with Gasteiger partial charge in [0.2, 0.25) is 35.4 Å². The number of nitrogens with zero attached hydrogens (tertiary/aromatic N) is 3. The standard InChI is InChI=1S/C42H73N19O10/c1-23(55-40(70)33(31(62)19-46)60-36(66)25(47)8-4-14-44)35(65)53-21-32(63)56-28(10-5-15-45)41(71)61-17-7-12-30(61)39(69)59-29(18-24-20-51-22-54-24)38(68)58-27(9-2-3-13-43)37(67)57-26(34(48)64)11-6-16-52-42(49)50/h11,20,22-23,25,27,29-31,33,62H,2-10,12-19,21,43-47H2,1H3,(H2,48,64)(H,51,54)(H,53,65)(H,55,70)(H,57,67)(H,58,68)(H,59,69)(H,60,66)(H4,49,50,52)/b26-11-,56-28+/t23-,25-,27-,29-,30-,31-,33-/m0/s1. The maximum atomic E-state index is 14.1. The van der Waals surface area contributed by atoms with E-state index in [0.717, 1.165) is 0 Å². The minimum Gasteiger partial charge on any atom is -0.389 e. The summed E-state index contributed by atoms with van der Waals surface area (Å²) in [5.41, 5.74) is 39.0. The maximum Gasteiger partial charge on any atom is 0.269 e. The summed E-state index contributed by atoms with van der Waals surface area (Å²) in [6.45, 7) is 1.02. The van der Waals surface area contributed by atoms with Crippen molar-refractivity contribution < 1.29 is 48.3 Å². The molecule has 29 nitrogen and oxygen atoms in total. The fourth-order valence-corrected chi connectivity index (χ4v) is 6.99. The molecule has 1 aromatic rings. The number of primary amides is 1. The fourth-order valence-electron chi connectivity index (χ4n) is 6.99. The lowest BCUT2D eigenvalue weighted by molar-refractivity contribution is -0.136. The molecular formula is C42H73N19O10. The summed E-state index contributed by atoms with van der Waals surface area (Å²) >= 11 is 0. The van der Waals surface area contributed by atoms with E-state index in [1.807, 2.05) is 0 Å². The van der Waals surface area contributed by atoms with Crippen molar-refractivity contribution in [3.63, 3.8) is 0 Å². The number of imidazole rings is 1. The van der Waals surface area contributed by atoms with Gasteiger partial charge in [0, 0.05) is 37.9 Å².